The van der Waals surface area contributed by atoms with Gasteiger partial charge in [0.2, 0.25) is 17.7 Å². The van der Waals surface area contributed by atoms with Gasteiger partial charge in [-0.25, -0.2) is 14.8 Å². The first-order valence-electron chi connectivity index (χ1n) is 22.9. The predicted molar refractivity (Wildman–Crippen MR) is 235 cm³/mol. The van der Waals surface area contributed by atoms with E-state index in [2.05, 4.69) is 36.7 Å². The van der Waals surface area contributed by atoms with Crippen molar-refractivity contribution in [2.24, 2.45) is 7.05 Å². The summed E-state index contributed by atoms with van der Waals surface area (Å²) >= 11 is 0. The highest BCUT2D eigenvalue weighted by atomic mass is 16.6. The van der Waals surface area contributed by atoms with Crippen molar-refractivity contribution >= 4 is 45.6 Å². The topological polar surface area (TPSA) is 196 Å². The Balaban J connectivity index is 0.626. The number of hydrogen-bond donors (Lipinski definition) is 3. The number of rotatable bonds is 20. The minimum Gasteiger partial charge on any atom is -0.381 e. The number of imidazole rings is 1. The van der Waals surface area contributed by atoms with E-state index in [1.54, 1.807) is 17.9 Å². The van der Waals surface area contributed by atoms with Gasteiger partial charge in [0.15, 0.2) is 0 Å². The second kappa shape index (κ2) is 21.8. The Kier molecular flexibility index (Phi) is 15.5. The normalized spacial score (nSPS) is 21.7. The molecule has 18 heteroatoms. The van der Waals surface area contributed by atoms with Crippen LogP contribution in [0.1, 0.15) is 80.9 Å². The lowest BCUT2D eigenvalue weighted by atomic mass is 9.89. The van der Waals surface area contributed by atoms with Gasteiger partial charge in [0.25, 0.3) is 0 Å². The van der Waals surface area contributed by atoms with Gasteiger partial charge in [-0.1, -0.05) is 6.07 Å². The van der Waals surface area contributed by atoms with Crippen molar-refractivity contribution < 1.29 is 38.1 Å². The highest BCUT2D eigenvalue weighted by Gasteiger charge is 2.32. The molecule has 4 aromatic rings. The summed E-state index contributed by atoms with van der Waals surface area (Å²) in [5.41, 5.74) is 4.42. The van der Waals surface area contributed by atoms with Crippen molar-refractivity contribution in [1.82, 2.24) is 39.2 Å². The molecule has 4 fully saturated rings. The number of fused-ring (bicyclic) bond motifs is 2. The molecule has 63 heavy (non-hydrogen) atoms. The Morgan fingerprint density at radius 2 is 1.56 bits per heavy atom. The highest BCUT2D eigenvalue weighted by molar-refractivity contribution is 6.00. The zero-order valence-electron chi connectivity index (χ0n) is 36.5. The summed E-state index contributed by atoms with van der Waals surface area (Å²) in [5, 5.41) is 7.25. The standard InChI is InChI=1S/C45H63N9O9/c1-51-38-27-31(4-9-36(38)54(45(51)58)37-10-11-39(55)50-44(37)57)3-2-18-59-21-22-61-23-24-62-25-26-63-29-40(56)53-16-14-52(15-17-53)34-7-5-33(6-8-34)49-43-41-35(32-12-19-60-20-13-32)28-46-42(41)47-30-48-43/h4,9,27-28,30,32-34,37H,2-3,5-8,10-26,29H2,1H3,(H,50,55,57)(H2,46,47,48,49). The van der Waals surface area contributed by atoms with E-state index in [0.717, 1.165) is 119 Å². The van der Waals surface area contributed by atoms with Gasteiger partial charge in [0, 0.05) is 77.7 Å². The largest absolute Gasteiger partial charge is 0.381 e. The predicted octanol–water partition coefficient (Wildman–Crippen LogP) is 3.05. The molecule has 3 aromatic heterocycles. The number of H-pyrrole nitrogens is 1. The molecular weight excluding hydrogens is 811 g/mol. The van der Waals surface area contributed by atoms with Crippen LogP contribution in [0.5, 0.6) is 0 Å². The summed E-state index contributed by atoms with van der Waals surface area (Å²) in [6.07, 6.45) is 12.3. The summed E-state index contributed by atoms with van der Waals surface area (Å²) in [6, 6.07) is 6.04. The smallest absolute Gasteiger partial charge is 0.329 e. The number of ether oxygens (including phenoxy) is 5. The van der Waals surface area contributed by atoms with Crippen LogP contribution in [-0.2, 0) is 51.5 Å². The lowest BCUT2D eigenvalue weighted by molar-refractivity contribution is -0.139. The summed E-state index contributed by atoms with van der Waals surface area (Å²) in [6.45, 7) is 8.02. The summed E-state index contributed by atoms with van der Waals surface area (Å²) in [5.74, 6) is 0.692. The maximum absolute atomic E-state index is 13.0. The van der Waals surface area contributed by atoms with Crippen LogP contribution in [0, 0.1) is 0 Å². The first-order valence-corrected chi connectivity index (χ1v) is 22.9. The van der Waals surface area contributed by atoms with E-state index < -0.39 is 11.9 Å². The molecule has 0 radical (unpaired) electrons. The third-order valence-corrected chi connectivity index (χ3v) is 13.2. The van der Waals surface area contributed by atoms with Crippen LogP contribution in [0.3, 0.4) is 0 Å². The fourth-order valence-electron chi connectivity index (χ4n) is 9.62. The summed E-state index contributed by atoms with van der Waals surface area (Å²) in [4.78, 5) is 66.9. The van der Waals surface area contributed by atoms with Gasteiger partial charge in [0.05, 0.1) is 56.1 Å². The van der Waals surface area contributed by atoms with Crippen molar-refractivity contribution in [3.05, 3.63) is 52.3 Å². The van der Waals surface area contributed by atoms with Crippen molar-refractivity contribution in [1.29, 1.82) is 0 Å². The number of piperazine rings is 1. The Bertz CT molecular complexity index is 2220. The number of carbonyl (C=O) groups is 3. The average Bonchev–Trinajstić information content (AvgIpc) is 3.85. The minimum absolute atomic E-state index is 0.0293. The number of benzene rings is 1. The molecule has 6 heterocycles. The molecule has 1 aliphatic carbocycles. The van der Waals surface area contributed by atoms with Gasteiger partial charge < -0.3 is 38.9 Å². The lowest BCUT2D eigenvalue weighted by Gasteiger charge is -2.42. The number of amides is 3. The van der Waals surface area contributed by atoms with E-state index in [-0.39, 0.29) is 30.5 Å². The first-order chi connectivity index (χ1) is 30.8. The van der Waals surface area contributed by atoms with Gasteiger partial charge in [-0.3, -0.25) is 33.7 Å². The van der Waals surface area contributed by atoms with Crippen LogP contribution in [0.25, 0.3) is 22.1 Å². The van der Waals surface area contributed by atoms with Gasteiger partial charge in [0.1, 0.15) is 30.4 Å². The van der Waals surface area contributed by atoms with E-state index >= 15 is 0 Å². The van der Waals surface area contributed by atoms with Crippen molar-refractivity contribution in [3.63, 3.8) is 0 Å². The number of aryl methyl sites for hydroxylation is 2. The molecule has 3 N–H and O–H groups in total. The van der Waals surface area contributed by atoms with Crippen molar-refractivity contribution in [2.45, 2.75) is 88.3 Å². The lowest BCUT2D eigenvalue weighted by Crippen LogP contribution is -2.53. The highest BCUT2D eigenvalue weighted by Crippen LogP contribution is 2.36. The number of aromatic nitrogens is 5. The second-order valence-corrected chi connectivity index (χ2v) is 17.1. The number of nitrogens with one attached hydrogen (secondary N) is 3. The quantitative estimate of drug-likeness (QED) is 0.0867. The number of imide groups is 1. The van der Waals surface area contributed by atoms with E-state index in [4.69, 9.17) is 23.7 Å². The molecule has 1 saturated carbocycles. The molecule has 0 bridgehead atoms. The molecule has 1 aromatic carbocycles. The van der Waals surface area contributed by atoms with Gasteiger partial charge in [-0.15, -0.1) is 0 Å². The second-order valence-electron chi connectivity index (χ2n) is 17.1. The van der Waals surface area contributed by atoms with Gasteiger partial charge >= 0.3 is 5.69 Å². The van der Waals surface area contributed by atoms with Gasteiger partial charge in [-0.2, -0.15) is 0 Å². The third kappa shape index (κ3) is 11.2. The molecule has 1 atom stereocenters. The number of hydrogen-bond acceptors (Lipinski definition) is 13. The summed E-state index contributed by atoms with van der Waals surface area (Å²) in [7, 11) is 1.70. The van der Waals surface area contributed by atoms with E-state index in [1.165, 1.54) is 10.1 Å². The number of anilines is 1. The van der Waals surface area contributed by atoms with Crippen LogP contribution in [0.4, 0.5) is 5.82 Å². The monoisotopic (exact) mass is 873 g/mol. The molecule has 1 unspecified atom stereocenters. The van der Waals surface area contributed by atoms with Crippen LogP contribution < -0.4 is 16.3 Å². The third-order valence-electron chi connectivity index (χ3n) is 13.2. The van der Waals surface area contributed by atoms with E-state index in [9.17, 15) is 19.2 Å². The molecule has 0 spiro atoms. The fraction of sp³-hybridized carbons (Fsp3) is 0.644. The molecule has 8 rings (SSSR count). The SMILES string of the molecule is Cn1c(=O)n(C2CCC(=O)NC2=O)c2ccc(CCCOCCOCCOCCOCC(=O)N3CCN(C4CCC(Nc5ncnc6[nH]cc(C7CCOCC7)c56)CC4)CC3)cc21. The minimum atomic E-state index is -0.695. The zero-order valence-corrected chi connectivity index (χ0v) is 36.5. The molecule has 3 amide bonds. The Morgan fingerprint density at radius 3 is 2.29 bits per heavy atom. The Morgan fingerprint density at radius 1 is 0.841 bits per heavy atom. The number of aromatic amines is 1. The first kappa shape index (κ1) is 44.9. The summed E-state index contributed by atoms with van der Waals surface area (Å²) < 4.78 is 31.3. The van der Waals surface area contributed by atoms with Gasteiger partial charge in [-0.05, 0) is 87.0 Å². The van der Waals surface area contributed by atoms with Crippen molar-refractivity contribution in [3.8, 4) is 0 Å². The molecular formula is C45H63N9O9. The van der Waals surface area contributed by atoms with Crippen LogP contribution >= 0.6 is 0 Å². The number of piperidine rings is 1. The number of carbonyl (C=O) groups excluding carboxylic acids is 3. The molecule has 3 aliphatic heterocycles. The van der Waals surface area contributed by atoms with E-state index in [0.29, 0.717) is 76.2 Å². The van der Waals surface area contributed by atoms with E-state index in [1.807, 2.05) is 23.1 Å². The maximum atomic E-state index is 13.0. The molecule has 342 valence electrons. The number of nitrogens with zero attached hydrogens (tertiary/aromatic N) is 6. The Labute approximate surface area is 367 Å². The molecule has 18 nitrogen and oxygen atoms in total. The fourth-order valence-corrected chi connectivity index (χ4v) is 9.62. The molecule has 4 aliphatic rings. The zero-order chi connectivity index (χ0) is 43.5. The molecule has 3 saturated heterocycles. The maximum Gasteiger partial charge on any atom is 0.329 e. The van der Waals surface area contributed by atoms with Crippen LogP contribution in [0.15, 0.2) is 35.5 Å². The van der Waals surface area contributed by atoms with Crippen molar-refractivity contribution in [2.75, 3.05) is 97.6 Å². The average molecular weight is 874 g/mol. The van der Waals surface area contributed by atoms with Crippen LogP contribution in [0.2, 0.25) is 0 Å². The Hall–Kier alpha value is -4.72. The van der Waals surface area contributed by atoms with Crippen LogP contribution in [-0.4, -0.2) is 156 Å².